The van der Waals surface area contributed by atoms with E-state index in [0.29, 0.717) is 17.1 Å². The maximum atomic E-state index is 11.4. The number of hydrogen-bond donors (Lipinski definition) is 0. The summed E-state index contributed by atoms with van der Waals surface area (Å²) in [6.45, 7) is 6.08. The molecule has 0 amide bonds. The van der Waals surface area contributed by atoms with E-state index in [9.17, 15) is 4.79 Å². The molecule has 0 spiro atoms. The summed E-state index contributed by atoms with van der Waals surface area (Å²) in [7, 11) is 2.01. The van der Waals surface area contributed by atoms with Gasteiger partial charge in [-0.2, -0.15) is 0 Å². The molecular weight excluding hydrogens is 330 g/mol. The van der Waals surface area contributed by atoms with Gasteiger partial charge in [-0.05, 0) is 32.9 Å². The van der Waals surface area contributed by atoms with Gasteiger partial charge in [0.2, 0.25) is 0 Å². The van der Waals surface area contributed by atoms with Gasteiger partial charge in [-0.15, -0.1) is 0 Å². The van der Waals surface area contributed by atoms with Crippen LogP contribution >= 0.6 is 8.15 Å². The van der Waals surface area contributed by atoms with Crippen molar-refractivity contribution in [3.05, 3.63) is 48.0 Å². The number of benzene rings is 2. The standard InChI is InChI=1S/C19H23O4P.Li.H/c1-19(2,3)23-24(14-9-7-6-8-10-14)15-11-17(21-4)16(13-20)18(12-15)22-5;;/h6-13H,1-5H3;;. The van der Waals surface area contributed by atoms with E-state index < -0.39 is 8.15 Å². The molecule has 0 saturated carbocycles. The minimum atomic E-state index is -1.08. The first-order valence-electron chi connectivity index (χ1n) is 7.65. The van der Waals surface area contributed by atoms with Crippen LogP contribution in [-0.4, -0.2) is 45.0 Å². The fourth-order valence-electron chi connectivity index (χ4n) is 2.25. The average Bonchev–Trinajstić information content (AvgIpc) is 2.58. The molecule has 2 aromatic carbocycles. The van der Waals surface area contributed by atoms with Crippen LogP contribution in [0.3, 0.4) is 0 Å². The van der Waals surface area contributed by atoms with Crippen LogP contribution in [0, 0.1) is 0 Å². The summed E-state index contributed by atoms with van der Waals surface area (Å²) in [6, 6.07) is 13.8. The fourth-order valence-corrected chi connectivity index (χ4v) is 4.22. The molecule has 2 rings (SSSR count). The summed E-state index contributed by atoms with van der Waals surface area (Å²) in [5, 5.41) is 2.02. The van der Waals surface area contributed by atoms with Crippen LogP contribution < -0.4 is 20.1 Å². The quantitative estimate of drug-likeness (QED) is 0.454. The molecule has 0 aliphatic heterocycles. The molecule has 1 unspecified atom stereocenters. The van der Waals surface area contributed by atoms with Crippen LogP contribution in [0.5, 0.6) is 11.5 Å². The molecule has 0 saturated heterocycles. The van der Waals surface area contributed by atoms with E-state index in [2.05, 4.69) is 0 Å². The number of methoxy groups -OCH3 is 2. The number of ether oxygens (including phenoxy) is 2. The first kappa shape index (κ1) is 21.7. The van der Waals surface area contributed by atoms with E-state index >= 15 is 0 Å². The average molecular weight is 354 g/mol. The van der Waals surface area contributed by atoms with E-state index in [0.717, 1.165) is 16.9 Å². The maximum absolute atomic E-state index is 11.4. The Labute approximate surface area is 162 Å². The Balaban J connectivity index is 0.00000312. The summed E-state index contributed by atoms with van der Waals surface area (Å²) >= 11 is 0. The van der Waals surface area contributed by atoms with Gasteiger partial charge in [-0.25, -0.2) is 0 Å². The van der Waals surface area contributed by atoms with Crippen molar-refractivity contribution >= 4 is 43.9 Å². The Morgan fingerprint density at radius 1 is 0.920 bits per heavy atom. The van der Waals surface area contributed by atoms with Crippen LogP contribution in [0.15, 0.2) is 42.5 Å². The van der Waals surface area contributed by atoms with E-state index in [4.69, 9.17) is 14.0 Å². The monoisotopic (exact) mass is 354 g/mol. The van der Waals surface area contributed by atoms with Crippen molar-refractivity contribution in [1.29, 1.82) is 0 Å². The molecule has 1 atom stereocenters. The predicted molar refractivity (Wildman–Crippen MR) is 106 cm³/mol. The van der Waals surface area contributed by atoms with Crippen molar-refractivity contribution in [1.82, 2.24) is 0 Å². The Hall–Kier alpha value is -1.30. The molecule has 2 aromatic rings. The van der Waals surface area contributed by atoms with Crippen molar-refractivity contribution < 1.29 is 18.8 Å². The second kappa shape index (κ2) is 9.41. The summed E-state index contributed by atoms with van der Waals surface area (Å²) in [5.41, 5.74) is 0.0910. The third-order valence-electron chi connectivity index (χ3n) is 3.24. The van der Waals surface area contributed by atoms with Gasteiger partial charge in [0.15, 0.2) is 6.29 Å². The predicted octanol–water partition coefficient (Wildman–Crippen LogP) is 3.03. The number of rotatable bonds is 6. The molecule has 130 valence electrons. The third kappa shape index (κ3) is 5.59. The van der Waals surface area contributed by atoms with Crippen LogP contribution in [0.25, 0.3) is 0 Å². The molecule has 4 nitrogen and oxygen atoms in total. The Morgan fingerprint density at radius 3 is 1.84 bits per heavy atom. The van der Waals surface area contributed by atoms with Gasteiger partial charge in [-0.3, -0.25) is 4.79 Å². The zero-order chi connectivity index (χ0) is 17.7. The second-order valence-corrected chi connectivity index (χ2v) is 8.02. The fraction of sp³-hybridized carbons (Fsp3) is 0.316. The molecule has 0 aliphatic carbocycles. The van der Waals surface area contributed by atoms with Gasteiger partial charge in [0.05, 0.1) is 33.5 Å². The Kier molecular flexibility index (Phi) is 8.18. The van der Waals surface area contributed by atoms with Gasteiger partial charge in [0, 0.05) is 10.6 Å². The third-order valence-corrected chi connectivity index (χ3v) is 5.46. The molecule has 0 bridgehead atoms. The molecule has 25 heavy (non-hydrogen) atoms. The molecule has 0 fully saturated rings. The van der Waals surface area contributed by atoms with Crippen molar-refractivity contribution in [2.45, 2.75) is 26.4 Å². The Bertz CT molecular complexity index is 673. The summed E-state index contributed by atoms with van der Waals surface area (Å²) in [6.07, 6.45) is 0.747. The van der Waals surface area contributed by atoms with Gasteiger partial charge < -0.3 is 14.0 Å². The number of aldehydes is 1. The molecule has 6 heteroatoms. The summed E-state index contributed by atoms with van der Waals surface area (Å²) < 4.78 is 17.1. The van der Waals surface area contributed by atoms with Gasteiger partial charge >= 0.3 is 18.9 Å². The SMILES string of the molecule is COc1cc(P(OC(C)(C)C)c2ccccc2)cc(OC)c1C=O.[LiH]. The van der Waals surface area contributed by atoms with Gasteiger partial charge in [0.25, 0.3) is 0 Å². The van der Waals surface area contributed by atoms with Crippen molar-refractivity contribution in [2.75, 3.05) is 14.2 Å². The zero-order valence-electron chi connectivity index (χ0n) is 14.7. The molecule has 0 heterocycles. The summed E-state index contributed by atoms with van der Waals surface area (Å²) in [4.78, 5) is 11.4. The Morgan fingerprint density at radius 2 is 1.44 bits per heavy atom. The first-order chi connectivity index (χ1) is 11.4. The zero-order valence-corrected chi connectivity index (χ0v) is 15.6. The van der Waals surface area contributed by atoms with Gasteiger partial charge in [0.1, 0.15) is 11.5 Å². The van der Waals surface area contributed by atoms with E-state index in [-0.39, 0.29) is 24.5 Å². The number of carbonyl (C=O) groups excluding carboxylic acids is 1. The van der Waals surface area contributed by atoms with E-state index in [1.807, 2.05) is 63.2 Å². The second-order valence-electron chi connectivity index (χ2n) is 6.22. The van der Waals surface area contributed by atoms with Gasteiger partial charge in [-0.1, -0.05) is 30.3 Å². The molecule has 0 aromatic heterocycles. The summed E-state index contributed by atoms with van der Waals surface area (Å²) in [5.74, 6) is 0.973. The van der Waals surface area contributed by atoms with Crippen molar-refractivity contribution in [2.24, 2.45) is 0 Å². The van der Waals surface area contributed by atoms with Crippen LogP contribution in [-0.2, 0) is 4.52 Å². The molecule has 0 radical (unpaired) electrons. The molecule has 0 aliphatic rings. The van der Waals surface area contributed by atoms with Crippen LogP contribution in [0.1, 0.15) is 31.1 Å². The van der Waals surface area contributed by atoms with Crippen LogP contribution in [0.2, 0.25) is 0 Å². The van der Waals surface area contributed by atoms with Crippen molar-refractivity contribution in [3.63, 3.8) is 0 Å². The van der Waals surface area contributed by atoms with E-state index in [1.165, 1.54) is 0 Å². The normalized spacial score (nSPS) is 12.0. The van der Waals surface area contributed by atoms with E-state index in [1.54, 1.807) is 14.2 Å². The number of carbonyl (C=O) groups is 1. The minimum absolute atomic E-state index is 0. The molecular formula is C19H24LiO4P. The first-order valence-corrected chi connectivity index (χ1v) is 8.91. The van der Waals surface area contributed by atoms with Crippen molar-refractivity contribution in [3.8, 4) is 11.5 Å². The topological polar surface area (TPSA) is 44.8 Å². The van der Waals surface area contributed by atoms with Crippen LogP contribution in [0.4, 0.5) is 0 Å². The number of hydrogen-bond acceptors (Lipinski definition) is 4. The molecule has 0 N–H and O–H groups in total.